The minimum atomic E-state index is -0.992. The molecule has 5 rings (SSSR count). The van der Waals surface area contributed by atoms with E-state index in [0.717, 1.165) is 28.7 Å². The smallest absolute Gasteiger partial charge is 0.335 e. The Kier molecular flexibility index (Phi) is 4.28. The third-order valence-electron chi connectivity index (χ3n) is 5.09. The van der Waals surface area contributed by atoms with Crippen molar-refractivity contribution in [2.24, 2.45) is 5.92 Å². The molecule has 2 N–H and O–H groups in total. The number of nitrogens with zero attached hydrogens (tertiary/aromatic N) is 3. The number of carboxylic acid groups (broad SMARTS) is 1. The summed E-state index contributed by atoms with van der Waals surface area (Å²) in [6, 6.07) is 12.3. The first-order valence-corrected chi connectivity index (χ1v) is 9.80. The van der Waals surface area contributed by atoms with Crippen LogP contribution in [0.1, 0.15) is 29.0 Å². The van der Waals surface area contributed by atoms with Crippen LogP contribution >= 0.6 is 11.6 Å². The summed E-state index contributed by atoms with van der Waals surface area (Å²) in [6.07, 6.45) is 5.13. The fourth-order valence-corrected chi connectivity index (χ4v) is 3.61. The van der Waals surface area contributed by atoms with Crippen LogP contribution in [-0.4, -0.2) is 26.0 Å². The van der Waals surface area contributed by atoms with Gasteiger partial charge in [0, 0.05) is 34.1 Å². The number of aromatic carboxylic acids is 1. The molecule has 6 nitrogen and oxygen atoms in total. The van der Waals surface area contributed by atoms with E-state index < -0.39 is 5.97 Å². The summed E-state index contributed by atoms with van der Waals surface area (Å²) >= 11 is 6.12. The van der Waals surface area contributed by atoms with E-state index in [1.807, 2.05) is 18.3 Å². The zero-order valence-corrected chi connectivity index (χ0v) is 16.1. The van der Waals surface area contributed by atoms with Gasteiger partial charge >= 0.3 is 5.97 Å². The number of aromatic nitrogens is 3. The molecule has 144 valence electrons. The van der Waals surface area contributed by atoms with Crippen LogP contribution in [0.15, 0.2) is 48.7 Å². The van der Waals surface area contributed by atoms with E-state index in [1.54, 1.807) is 30.3 Å². The largest absolute Gasteiger partial charge is 0.478 e. The van der Waals surface area contributed by atoms with Crippen LogP contribution in [-0.2, 0) is 6.42 Å². The molecule has 1 saturated carbocycles. The number of benzene rings is 2. The van der Waals surface area contributed by atoms with Crippen molar-refractivity contribution in [2.45, 2.75) is 19.3 Å². The van der Waals surface area contributed by atoms with Crippen molar-refractivity contribution < 1.29 is 9.90 Å². The molecule has 2 aromatic heterocycles. The molecule has 0 radical (unpaired) electrons. The number of hydrogen-bond donors (Lipinski definition) is 2. The predicted molar refractivity (Wildman–Crippen MR) is 113 cm³/mol. The van der Waals surface area contributed by atoms with Crippen molar-refractivity contribution in [1.29, 1.82) is 0 Å². The number of pyridine rings is 1. The average molecular weight is 405 g/mol. The molecule has 1 aliphatic carbocycles. The Morgan fingerprint density at radius 3 is 2.76 bits per heavy atom. The van der Waals surface area contributed by atoms with Gasteiger partial charge in [0.2, 0.25) is 0 Å². The minimum Gasteiger partial charge on any atom is -0.478 e. The van der Waals surface area contributed by atoms with Crippen LogP contribution in [0.4, 0.5) is 11.5 Å². The molecule has 0 atom stereocenters. The molecule has 0 amide bonds. The molecular weight excluding hydrogens is 388 g/mol. The van der Waals surface area contributed by atoms with Gasteiger partial charge in [0.15, 0.2) is 5.82 Å². The molecule has 1 aliphatic rings. The maximum Gasteiger partial charge on any atom is 0.335 e. The van der Waals surface area contributed by atoms with E-state index in [-0.39, 0.29) is 5.56 Å². The molecule has 7 heteroatoms. The molecule has 0 bridgehead atoms. The lowest BCUT2D eigenvalue weighted by Gasteiger charge is -2.12. The summed E-state index contributed by atoms with van der Waals surface area (Å²) in [7, 11) is 0. The molecule has 0 unspecified atom stereocenters. The lowest BCUT2D eigenvalue weighted by molar-refractivity contribution is 0.0697. The summed E-state index contributed by atoms with van der Waals surface area (Å²) in [6.45, 7) is 0. The second-order valence-electron chi connectivity index (χ2n) is 7.33. The quantitative estimate of drug-likeness (QED) is 0.443. The van der Waals surface area contributed by atoms with Gasteiger partial charge in [-0.25, -0.2) is 19.7 Å². The Balaban J connectivity index is 1.71. The maximum absolute atomic E-state index is 11.4. The number of nitrogens with one attached hydrogen (secondary N) is 1. The second kappa shape index (κ2) is 6.97. The zero-order chi connectivity index (χ0) is 20.0. The van der Waals surface area contributed by atoms with E-state index in [4.69, 9.17) is 21.6 Å². The monoisotopic (exact) mass is 404 g/mol. The van der Waals surface area contributed by atoms with Crippen LogP contribution in [0.5, 0.6) is 0 Å². The third-order valence-corrected chi connectivity index (χ3v) is 5.32. The van der Waals surface area contributed by atoms with E-state index in [9.17, 15) is 9.90 Å². The molecule has 0 saturated heterocycles. The topological polar surface area (TPSA) is 88.0 Å². The van der Waals surface area contributed by atoms with Crippen molar-refractivity contribution in [2.75, 3.05) is 5.32 Å². The highest BCUT2D eigenvalue weighted by Crippen LogP contribution is 2.34. The summed E-state index contributed by atoms with van der Waals surface area (Å²) in [4.78, 5) is 25.4. The molecule has 0 aliphatic heterocycles. The number of carboxylic acids is 1. The Morgan fingerprint density at radius 1 is 1.14 bits per heavy atom. The predicted octanol–water partition coefficient (Wildman–Crippen LogP) is 5.23. The van der Waals surface area contributed by atoms with Gasteiger partial charge in [-0.2, -0.15) is 0 Å². The summed E-state index contributed by atoms with van der Waals surface area (Å²) in [5, 5.41) is 14.9. The fourth-order valence-electron chi connectivity index (χ4n) is 3.42. The van der Waals surface area contributed by atoms with Gasteiger partial charge in [0.25, 0.3) is 0 Å². The lowest BCUT2D eigenvalue weighted by Crippen LogP contribution is -2.03. The Labute approximate surface area is 171 Å². The Morgan fingerprint density at radius 2 is 2.00 bits per heavy atom. The van der Waals surface area contributed by atoms with Gasteiger partial charge < -0.3 is 10.4 Å². The van der Waals surface area contributed by atoms with Crippen molar-refractivity contribution >= 4 is 50.9 Å². The number of rotatable bonds is 5. The number of fused-ring (bicyclic) bond motifs is 3. The molecule has 4 aromatic rings. The zero-order valence-electron chi connectivity index (χ0n) is 15.4. The highest BCUT2D eigenvalue weighted by atomic mass is 35.5. The van der Waals surface area contributed by atoms with Gasteiger partial charge in [-0.05, 0) is 49.1 Å². The number of carbonyl (C=O) groups is 1. The standard InChI is InChI=1S/C22H17ClN4O2/c23-14-2-1-3-15(10-14)25-21-20-17(11-24-19(27-20)8-12-4-5-12)16-7-6-13(22(28)29)9-18(16)26-21/h1-3,6-7,9-12H,4-5,8H2,(H,25,26)(H,28,29). The van der Waals surface area contributed by atoms with Crippen LogP contribution in [0.2, 0.25) is 5.02 Å². The van der Waals surface area contributed by atoms with Crippen LogP contribution in [0, 0.1) is 5.92 Å². The molecule has 1 fully saturated rings. The van der Waals surface area contributed by atoms with Crippen LogP contribution in [0.25, 0.3) is 21.8 Å². The third kappa shape index (κ3) is 3.59. The van der Waals surface area contributed by atoms with Crippen molar-refractivity contribution in [3.63, 3.8) is 0 Å². The first kappa shape index (κ1) is 17.8. The van der Waals surface area contributed by atoms with Crippen molar-refractivity contribution in [3.8, 4) is 0 Å². The summed E-state index contributed by atoms with van der Waals surface area (Å²) < 4.78 is 0. The number of hydrogen-bond acceptors (Lipinski definition) is 5. The highest BCUT2D eigenvalue weighted by molar-refractivity contribution is 6.30. The van der Waals surface area contributed by atoms with E-state index in [2.05, 4.69) is 10.3 Å². The Hall–Kier alpha value is -3.25. The van der Waals surface area contributed by atoms with Gasteiger partial charge in [0.05, 0.1) is 11.1 Å². The normalized spacial score (nSPS) is 13.7. The van der Waals surface area contributed by atoms with Crippen LogP contribution in [0.3, 0.4) is 0 Å². The first-order valence-electron chi connectivity index (χ1n) is 9.42. The second-order valence-corrected chi connectivity index (χ2v) is 7.77. The lowest BCUT2D eigenvalue weighted by atomic mass is 10.1. The highest BCUT2D eigenvalue weighted by Gasteiger charge is 2.23. The van der Waals surface area contributed by atoms with E-state index in [0.29, 0.717) is 27.8 Å². The first-order chi connectivity index (χ1) is 14.1. The molecule has 29 heavy (non-hydrogen) atoms. The van der Waals surface area contributed by atoms with Gasteiger partial charge in [-0.3, -0.25) is 0 Å². The number of halogens is 1. The van der Waals surface area contributed by atoms with E-state index >= 15 is 0 Å². The summed E-state index contributed by atoms with van der Waals surface area (Å²) in [5.74, 6) is 1.03. The SMILES string of the molecule is O=C(O)c1ccc2c(c1)nc(Nc1cccc(Cl)c1)c1nc(CC3CC3)ncc12. The van der Waals surface area contributed by atoms with Gasteiger partial charge in [-0.15, -0.1) is 0 Å². The van der Waals surface area contributed by atoms with Crippen molar-refractivity contribution in [1.82, 2.24) is 15.0 Å². The van der Waals surface area contributed by atoms with E-state index in [1.165, 1.54) is 12.8 Å². The Bertz CT molecular complexity index is 1270. The molecule has 2 aromatic carbocycles. The minimum absolute atomic E-state index is 0.185. The average Bonchev–Trinajstić information content (AvgIpc) is 3.51. The number of anilines is 2. The fraction of sp³-hybridized carbons (Fsp3) is 0.182. The molecule has 0 spiro atoms. The van der Waals surface area contributed by atoms with Gasteiger partial charge in [-0.1, -0.05) is 23.7 Å². The van der Waals surface area contributed by atoms with Gasteiger partial charge in [0.1, 0.15) is 11.3 Å². The molecule has 2 heterocycles. The molecular formula is C22H17ClN4O2. The van der Waals surface area contributed by atoms with Crippen LogP contribution < -0.4 is 5.32 Å². The summed E-state index contributed by atoms with van der Waals surface area (Å²) in [5.41, 5.74) is 2.25. The van der Waals surface area contributed by atoms with Crippen molar-refractivity contribution in [3.05, 3.63) is 65.1 Å². The maximum atomic E-state index is 11.4.